The van der Waals surface area contributed by atoms with Gasteiger partial charge in [0, 0.05) is 18.6 Å². The van der Waals surface area contributed by atoms with Gasteiger partial charge in [0.15, 0.2) is 5.78 Å². The summed E-state index contributed by atoms with van der Waals surface area (Å²) in [5.41, 5.74) is 5.16. The molecule has 0 saturated carbocycles. The van der Waals surface area contributed by atoms with Gasteiger partial charge in [0.2, 0.25) is 5.91 Å². The van der Waals surface area contributed by atoms with Crippen LogP contribution in [-0.4, -0.2) is 21.2 Å². The van der Waals surface area contributed by atoms with Gasteiger partial charge in [-0.25, -0.2) is 4.98 Å². The summed E-state index contributed by atoms with van der Waals surface area (Å²) in [4.78, 5) is 23.3. The number of aromatic nitrogens is 2. The number of rotatable bonds is 3. The van der Waals surface area contributed by atoms with Crippen molar-refractivity contribution in [3.05, 3.63) is 50.1 Å². The van der Waals surface area contributed by atoms with E-state index in [0.29, 0.717) is 5.57 Å². The summed E-state index contributed by atoms with van der Waals surface area (Å²) in [6, 6.07) is 0. The number of allylic oxidation sites excluding steroid dienone is 1. The topological polar surface area (TPSA) is 78.0 Å². The van der Waals surface area contributed by atoms with Crippen LogP contribution in [0.2, 0.25) is 0 Å². The van der Waals surface area contributed by atoms with E-state index in [1.54, 1.807) is 30.2 Å². The van der Waals surface area contributed by atoms with Gasteiger partial charge in [-0.1, -0.05) is 19.7 Å². The number of hydrogen-bond acceptors (Lipinski definition) is 3. The number of hydrogen-bond donors (Lipinski definition) is 1. The van der Waals surface area contributed by atoms with Crippen LogP contribution in [0.25, 0.3) is 6.20 Å². The second-order valence-corrected chi connectivity index (χ2v) is 3.14. The monoisotopic (exact) mass is 249 g/mol. The predicted octanol–water partition coefficient (Wildman–Crippen LogP) is 1.79. The maximum Gasteiger partial charge on any atom is 0.240 e. The van der Waals surface area contributed by atoms with E-state index in [2.05, 4.69) is 30.5 Å². The van der Waals surface area contributed by atoms with Gasteiger partial charge >= 0.3 is 0 Å². The average molecular weight is 249 g/mol. The smallest absolute Gasteiger partial charge is 0.240 e. The fourth-order valence-corrected chi connectivity index (χ4v) is 0.377. The zero-order valence-corrected chi connectivity index (χ0v) is 10.8. The van der Waals surface area contributed by atoms with Crippen molar-refractivity contribution in [2.75, 3.05) is 0 Å². The zero-order chi connectivity index (χ0) is 14.6. The Balaban J connectivity index is 0. The molecule has 0 aromatic carbocycles. The first-order chi connectivity index (χ1) is 8.34. The summed E-state index contributed by atoms with van der Waals surface area (Å²) >= 11 is 0. The molecule has 0 spiro atoms. The van der Waals surface area contributed by atoms with Crippen molar-refractivity contribution in [3.8, 4) is 0 Å². The highest BCUT2D eigenvalue weighted by atomic mass is 16.1. The van der Waals surface area contributed by atoms with Crippen LogP contribution in [0.3, 0.4) is 0 Å². The van der Waals surface area contributed by atoms with Crippen molar-refractivity contribution in [1.82, 2.24) is 9.55 Å². The molecule has 1 aromatic rings. The summed E-state index contributed by atoms with van der Waals surface area (Å²) < 4.78 is 1.78. The van der Waals surface area contributed by atoms with Crippen LogP contribution in [0.1, 0.15) is 13.8 Å². The molecule has 0 atom stereocenters. The lowest BCUT2D eigenvalue weighted by Crippen LogP contribution is -2.04. The van der Waals surface area contributed by atoms with Crippen LogP contribution < -0.4 is 5.73 Å². The SMILES string of the molecule is C=C(C)C(C)=O.C=CC(N)=O.C=Cn1ccnc1. The third kappa shape index (κ3) is 13.6. The van der Waals surface area contributed by atoms with Crippen molar-refractivity contribution in [3.63, 3.8) is 0 Å². The summed E-state index contributed by atoms with van der Waals surface area (Å²) in [7, 11) is 0. The van der Waals surface area contributed by atoms with Crippen LogP contribution in [0.15, 0.2) is 50.1 Å². The first-order valence-electron chi connectivity index (χ1n) is 5.03. The van der Waals surface area contributed by atoms with Gasteiger partial charge in [0.1, 0.15) is 0 Å². The molecular formula is C13H19N3O2. The van der Waals surface area contributed by atoms with Crippen LogP contribution in [0.5, 0.6) is 0 Å². The minimum atomic E-state index is -0.481. The summed E-state index contributed by atoms with van der Waals surface area (Å²) in [5, 5.41) is 0. The molecule has 0 saturated heterocycles. The molecule has 1 heterocycles. The number of amides is 1. The molecule has 5 nitrogen and oxygen atoms in total. The maximum atomic E-state index is 10.0. The number of carbonyl (C=O) groups is 2. The number of nitrogens with two attached hydrogens (primary N) is 1. The van der Waals surface area contributed by atoms with E-state index >= 15 is 0 Å². The number of Topliss-reactive ketones (excluding diaryl/α,β-unsaturated/α-hetero) is 1. The largest absolute Gasteiger partial charge is 0.366 e. The molecule has 2 N–H and O–H groups in total. The number of nitrogens with zero attached hydrogens (tertiary/aromatic N) is 2. The van der Waals surface area contributed by atoms with E-state index in [-0.39, 0.29) is 5.78 Å². The van der Waals surface area contributed by atoms with E-state index in [1.165, 1.54) is 6.92 Å². The Morgan fingerprint density at radius 3 is 1.89 bits per heavy atom. The molecule has 0 aliphatic rings. The lowest BCUT2D eigenvalue weighted by Gasteiger charge is -1.80. The minimum Gasteiger partial charge on any atom is -0.366 e. The molecule has 1 rings (SSSR count). The molecule has 1 amide bonds. The van der Waals surface area contributed by atoms with Gasteiger partial charge in [-0.05, 0) is 25.5 Å². The Morgan fingerprint density at radius 1 is 1.33 bits per heavy atom. The van der Waals surface area contributed by atoms with Crippen molar-refractivity contribution < 1.29 is 9.59 Å². The summed E-state index contributed by atoms with van der Waals surface area (Å²) in [6.45, 7) is 13.2. The van der Waals surface area contributed by atoms with Crippen molar-refractivity contribution >= 4 is 17.9 Å². The van der Waals surface area contributed by atoms with E-state index < -0.39 is 5.91 Å². The fourth-order valence-electron chi connectivity index (χ4n) is 0.377. The summed E-state index contributed by atoms with van der Waals surface area (Å²) in [5.74, 6) is -0.417. The first-order valence-corrected chi connectivity index (χ1v) is 5.03. The highest BCUT2D eigenvalue weighted by molar-refractivity contribution is 5.91. The third-order valence-electron chi connectivity index (χ3n) is 1.54. The number of primary amides is 1. The number of carbonyl (C=O) groups excluding carboxylic acids is 2. The molecule has 0 aliphatic carbocycles. The van der Waals surface area contributed by atoms with Gasteiger partial charge in [-0.2, -0.15) is 0 Å². The molecule has 0 radical (unpaired) electrons. The Kier molecular flexibility index (Phi) is 11.0. The molecule has 1 aromatic heterocycles. The first kappa shape index (κ1) is 17.9. The molecule has 0 unspecified atom stereocenters. The quantitative estimate of drug-likeness (QED) is 0.829. The van der Waals surface area contributed by atoms with Crippen molar-refractivity contribution in [2.45, 2.75) is 13.8 Å². The molecular weight excluding hydrogens is 230 g/mol. The second kappa shape index (κ2) is 11.1. The van der Waals surface area contributed by atoms with Crippen LogP contribution in [0.4, 0.5) is 0 Å². The van der Waals surface area contributed by atoms with Gasteiger partial charge in [0.25, 0.3) is 0 Å². The van der Waals surface area contributed by atoms with Crippen LogP contribution in [0, 0.1) is 0 Å². The Morgan fingerprint density at radius 2 is 1.78 bits per heavy atom. The molecule has 0 aliphatic heterocycles. The fraction of sp³-hybridized carbons (Fsp3) is 0.154. The van der Waals surface area contributed by atoms with Crippen LogP contribution in [-0.2, 0) is 9.59 Å². The van der Waals surface area contributed by atoms with Gasteiger partial charge in [-0.15, -0.1) is 0 Å². The molecule has 18 heavy (non-hydrogen) atoms. The molecule has 0 fully saturated rings. The number of ketones is 1. The average Bonchev–Trinajstić information content (AvgIpc) is 2.83. The second-order valence-electron chi connectivity index (χ2n) is 3.14. The third-order valence-corrected chi connectivity index (χ3v) is 1.54. The highest BCUT2D eigenvalue weighted by Crippen LogP contribution is 1.84. The van der Waals surface area contributed by atoms with Gasteiger partial charge in [0.05, 0.1) is 6.33 Å². The lowest BCUT2D eigenvalue weighted by atomic mass is 10.3. The normalized spacial score (nSPS) is 7.67. The zero-order valence-electron chi connectivity index (χ0n) is 10.8. The van der Waals surface area contributed by atoms with Gasteiger partial charge < -0.3 is 10.3 Å². The lowest BCUT2D eigenvalue weighted by molar-refractivity contribution is -0.114. The van der Waals surface area contributed by atoms with E-state index in [1.807, 2.05) is 6.20 Å². The highest BCUT2D eigenvalue weighted by Gasteiger charge is 1.85. The minimum absolute atomic E-state index is 0.0648. The maximum absolute atomic E-state index is 10.0. The molecule has 5 heteroatoms. The Hall–Kier alpha value is -2.43. The van der Waals surface area contributed by atoms with E-state index in [9.17, 15) is 9.59 Å². The number of imidazole rings is 1. The molecule has 0 bridgehead atoms. The Labute approximate surface area is 107 Å². The van der Waals surface area contributed by atoms with E-state index in [0.717, 1.165) is 6.08 Å². The van der Waals surface area contributed by atoms with E-state index in [4.69, 9.17) is 0 Å². The molecule has 98 valence electrons. The van der Waals surface area contributed by atoms with Crippen molar-refractivity contribution in [1.29, 1.82) is 0 Å². The van der Waals surface area contributed by atoms with Crippen molar-refractivity contribution in [2.24, 2.45) is 5.73 Å². The Bertz CT molecular complexity index is 394. The standard InChI is InChI=1S/C5H6N2.C5H8O.C3H5NO/c1-2-7-4-3-6-5-7;1-4(2)5(3)6;1-2-3(4)5/h2-5H,1H2;1H2,2-3H3;2H,1H2,(H2,4,5). The summed E-state index contributed by atoms with van der Waals surface area (Å²) in [6.07, 6.45) is 7.97. The van der Waals surface area contributed by atoms with Crippen LogP contribution >= 0.6 is 0 Å². The van der Waals surface area contributed by atoms with Gasteiger partial charge in [-0.3, -0.25) is 9.59 Å². The predicted molar refractivity (Wildman–Crippen MR) is 73.5 cm³/mol.